The van der Waals surface area contributed by atoms with Crippen LogP contribution in [0, 0.1) is 0 Å². The van der Waals surface area contributed by atoms with Crippen molar-refractivity contribution in [2.75, 3.05) is 12.3 Å². The first kappa shape index (κ1) is 14.9. The maximum Gasteiger partial charge on any atom is 0.233 e. The zero-order valence-corrected chi connectivity index (χ0v) is 12.5. The van der Waals surface area contributed by atoms with Gasteiger partial charge in [0.1, 0.15) is 0 Å². The topological polar surface area (TPSA) is 49.0 Å². The van der Waals surface area contributed by atoms with E-state index in [-0.39, 0.29) is 18.3 Å². The molecule has 4 nitrogen and oxygen atoms in total. The Labute approximate surface area is 128 Å². The molecule has 1 N–H and O–H groups in total. The molecule has 1 aliphatic rings. The van der Waals surface area contributed by atoms with Gasteiger partial charge in [0.2, 0.25) is 5.91 Å². The highest BCUT2D eigenvalue weighted by atomic mass is 35.5. The van der Waals surface area contributed by atoms with E-state index in [0.29, 0.717) is 5.75 Å². The maximum atomic E-state index is 12.2. The number of rotatable bonds is 3. The molecule has 20 heavy (non-hydrogen) atoms. The molecule has 106 valence electrons. The van der Waals surface area contributed by atoms with Crippen LogP contribution in [0.25, 0.3) is 0 Å². The molecule has 0 unspecified atom stereocenters. The monoisotopic (exact) mass is 309 g/mol. The minimum absolute atomic E-state index is 0. The molecular formula is C14H16ClN3OS. The molecule has 0 spiro atoms. The number of amides is 1. The number of hydrogen-bond donors (Lipinski definition) is 1. The summed E-state index contributed by atoms with van der Waals surface area (Å²) in [5.74, 6) is 0.617. The molecule has 1 aliphatic heterocycles. The first-order valence-corrected chi connectivity index (χ1v) is 7.28. The van der Waals surface area contributed by atoms with Gasteiger partial charge < -0.3 is 9.88 Å². The fraction of sp³-hybridized carbons (Fsp3) is 0.286. The predicted molar refractivity (Wildman–Crippen MR) is 82.1 cm³/mol. The third kappa shape index (κ3) is 3.35. The van der Waals surface area contributed by atoms with Crippen molar-refractivity contribution in [1.29, 1.82) is 0 Å². The fourth-order valence-electron chi connectivity index (χ4n) is 2.26. The number of aromatic amines is 1. The molecule has 1 amide bonds. The van der Waals surface area contributed by atoms with Crippen LogP contribution in [0.3, 0.4) is 0 Å². The van der Waals surface area contributed by atoms with Gasteiger partial charge in [0.05, 0.1) is 5.75 Å². The number of carbonyl (C=O) groups excluding carboxylic acids is 1. The lowest BCUT2D eigenvalue weighted by molar-refractivity contribution is -0.129. The summed E-state index contributed by atoms with van der Waals surface area (Å²) in [6.45, 7) is 1.54. The van der Waals surface area contributed by atoms with Crippen LogP contribution in [0.15, 0.2) is 41.8 Å². The Hall–Kier alpha value is -1.46. The number of halogens is 1. The zero-order valence-electron chi connectivity index (χ0n) is 10.9. The Bertz CT molecular complexity index is 574. The van der Waals surface area contributed by atoms with E-state index in [4.69, 9.17) is 0 Å². The summed E-state index contributed by atoms with van der Waals surface area (Å²) in [6, 6.07) is 8.34. The van der Waals surface area contributed by atoms with Crippen molar-refractivity contribution < 1.29 is 4.79 Å². The predicted octanol–water partition coefficient (Wildman–Crippen LogP) is 2.51. The van der Waals surface area contributed by atoms with Crippen molar-refractivity contribution in [3.8, 4) is 0 Å². The van der Waals surface area contributed by atoms with Gasteiger partial charge in [-0.2, -0.15) is 0 Å². The number of nitrogens with one attached hydrogen (secondary N) is 1. The summed E-state index contributed by atoms with van der Waals surface area (Å²) in [6.07, 6.45) is 4.42. The summed E-state index contributed by atoms with van der Waals surface area (Å²) in [5, 5.41) is 0.797. The third-order valence-corrected chi connectivity index (χ3v) is 4.18. The molecule has 0 atom stereocenters. The second-order valence-corrected chi connectivity index (χ2v) is 5.48. The van der Waals surface area contributed by atoms with Gasteiger partial charge in [-0.15, -0.1) is 12.4 Å². The molecule has 6 heteroatoms. The van der Waals surface area contributed by atoms with Crippen molar-refractivity contribution in [3.05, 3.63) is 47.8 Å². The van der Waals surface area contributed by atoms with E-state index in [1.165, 1.54) is 22.9 Å². The number of fused-ring (bicyclic) bond motifs is 1. The van der Waals surface area contributed by atoms with Crippen molar-refractivity contribution in [1.82, 2.24) is 14.9 Å². The lowest BCUT2D eigenvalue weighted by Crippen LogP contribution is -2.37. The summed E-state index contributed by atoms with van der Waals surface area (Å²) < 4.78 is 0. The summed E-state index contributed by atoms with van der Waals surface area (Å²) in [4.78, 5) is 21.2. The third-order valence-electron chi connectivity index (χ3n) is 3.29. The number of nitrogens with zero attached hydrogens (tertiary/aromatic N) is 2. The van der Waals surface area contributed by atoms with E-state index in [2.05, 4.69) is 28.2 Å². The lowest BCUT2D eigenvalue weighted by atomic mass is 10.00. The molecule has 2 heterocycles. The zero-order chi connectivity index (χ0) is 13.1. The minimum atomic E-state index is 0. The Morgan fingerprint density at radius 2 is 2.15 bits per heavy atom. The highest BCUT2D eigenvalue weighted by Crippen LogP contribution is 2.20. The molecule has 0 saturated carbocycles. The van der Waals surface area contributed by atoms with E-state index in [0.717, 1.165) is 24.7 Å². The van der Waals surface area contributed by atoms with Gasteiger partial charge in [-0.25, -0.2) is 4.98 Å². The smallest absolute Gasteiger partial charge is 0.233 e. The maximum absolute atomic E-state index is 12.2. The molecular weight excluding hydrogens is 294 g/mol. The van der Waals surface area contributed by atoms with E-state index >= 15 is 0 Å². The van der Waals surface area contributed by atoms with Crippen LogP contribution in [0.5, 0.6) is 0 Å². The van der Waals surface area contributed by atoms with Crippen LogP contribution in [0.4, 0.5) is 0 Å². The van der Waals surface area contributed by atoms with Gasteiger partial charge >= 0.3 is 0 Å². The molecule has 0 radical (unpaired) electrons. The van der Waals surface area contributed by atoms with Gasteiger partial charge in [0, 0.05) is 25.5 Å². The number of imidazole rings is 1. The highest BCUT2D eigenvalue weighted by Gasteiger charge is 2.20. The van der Waals surface area contributed by atoms with Gasteiger partial charge in [-0.1, -0.05) is 36.0 Å². The summed E-state index contributed by atoms with van der Waals surface area (Å²) in [7, 11) is 0. The molecule has 0 bridgehead atoms. The standard InChI is InChI=1S/C14H15N3OS.ClH/c18-13(10-19-14-15-6-7-16-14)17-8-5-11-3-1-2-4-12(11)9-17;/h1-4,6-7H,5,8-10H2,(H,15,16);1H. The Balaban J connectivity index is 0.00000147. The SMILES string of the molecule is Cl.O=C(CSc1ncc[nH]1)N1CCc2ccccc2C1. The average molecular weight is 310 g/mol. The van der Waals surface area contributed by atoms with Crippen molar-refractivity contribution >= 4 is 30.1 Å². The van der Waals surface area contributed by atoms with Gasteiger partial charge in [-0.3, -0.25) is 4.79 Å². The van der Waals surface area contributed by atoms with Crippen LogP contribution in [-0.2, 0) is 17.8 Å². The minimum Gasteiger partial charge on any atom is -0.340 e. The summed E-state index contributed by atoms with van der Waals surface area (Å²) in [5.41, 5.74) is 2.63. The molecule has 3 rings (SSSR count). The first-order valence-electron chi connectivity index (χ1n) is 6.29. The van der Waals surface area contributed by atoms with Gasteiger partial charge in [0.15, 0.2) is 5.16 Å². The van der Waals surface area contributed by atoms with Gasteiger partial charge in [0.25, 0.3) is 0 Å². The number of hydrogen-bond acceptors (Lipinski definition) is 3. The highest BCUT2D eigenvalue weighted by molar-refractivity contribution is 7.99. The number of carbonyl (C=O) groups is 1. The lowest BCUT2D eigenvalue weighted by Gasteiger charge is -2.28. The molecule has 0 aliphatic carbocycles. The quantitative estimate of drug-likeness (QED) is 0.886. The van der Waals surface area contributed by atoms with E-state index < -0.39 is 0 Å². The van der Waals surface area contributed by atoms with Crippen LogP contribution in [0.1, 0.15) is 11.1 Å². The van der Waals surface area contributed by atoms with Crippen molar-refractivity contribution in [2.45, 2.75) is 18.1 Å². The van der Waals surface area contributed by atoms with Crippen LogP contribution in [0.2, 0.25) is 0 Å². The molecule has 1 aromatic heterocycles. The van der Waals surface area contributed by atoms with Crippen molar-refractivity contribution in [2.24, 2.45) is 0 Å². The molecule has 0 saturated heterocycles. The number of thioether (sulfide) groups is 1. The van der Waals surface area contributed by atoms with E-state index in [9.17, 15) is 4.79 Å². The van der Waals surface area contributed by atoms with E-state index in [1.54, 1.807) is 12.4 Å². The molecule has 0 fully saturated rings. The molecule has 2 aromatic rings. The average Bonchev–Trinajstić information content (AvgIpc) is 2.97. The van der Waals surface area contributed by atoms with Crippen molar-refractivity contribution in [3.63, 3.8) is 0 Å². The molecule has 1 aromatic carbocycles. The Morgan fingerprint density at radius 3 is 2.90 bits per heavy atom. The number of H-pyrrole nitrogens is 1. The number of aromatic nitrogens is 2. The van der Waals surface area contributed by atoms with Crippen LogP contribution >= 0.6 is 24.2 Å². The largest absolute Gasteiger partial charge is 0.340 e. The second kappa shape index (κ2) is 6.81. The van der Waals surface area contributed by atoms with E-state index in [1.807, 2.05) is 11.0 Å². The first-order chi connectivity index (χ1) is 9.33. The fourth-order valence-corrected chi connectivity index (χ4v) is 2.99. The van der Waals surface area contributed by atoms with Gasteiger partial charge in [-0.05, 0) is 17.5 Å². The summed E-state index contributed by atoms with van der Waals surface area (Å²) >= 11 is 1.45. The normalized spacial score (nSPS) is 13.5. The second-order valence-electron chi connectivity index (χ2n) is 4.52. The van der Waals surface area contributed by atoms with Crippen LogP contribution < -0.4 is 0 Å². The number of benzene rings is 1. The Morgan fingerprint density at radius 1 is 1.35 bits per heavy atom. The Kier molecular flexibility index (Phi) is 5.09. The van der Waals surface area contributed by atoms with Crippen LogP contribution in [-0.4, -0.2) is 33.1 Å².